The molecule has 2 aliphatic heterocycles. The molecule has 278 valence electrons. The number of aliphatic carboxylic acids is 1. The van der Waals surface area contributed by atoms with Crippen molar-refractivity contribution in [1.82, 2.24) is 14.8 Å². The smallest absolute Gasteiger partial charge is 0.320 e. The fourth-order valence-electron chi connectivity index (χ4n) is 7.01. The molecule has 0 saturated carbocycles. The number of aromatic nitrogens is 1. The van der Waals surface area contributed by atoms with Crippen molar-refractivity contribution < 1.29 is 29.2 Å². The number of benzene rings is 3. The van der Waals surface area contributed by atoms with Gasteiger partial charge in [0.1, 0.15) is 42.6 Å². The molecule has 53 heavy (non-hydrogen) atoms. The van der Waals surface area contributed by atoms with Crippen molar-refractivity contribution in [3.8, 4) is 34.4 Å². The number of aliphatic hydroxyl groups is 1. The lowest BCUT2D eigenvalue weighted by Gasteiger charge is -2.33. The number of carbonyl (C=O) groups is 1. The van der Waals surface area contributed by atoms with Crippen molar-refractivity contribution in [3.63, 3.8) is 0 Å². The predicted molar refractivity (Wildman–Crippen MR) is 204 cm³/mol. The van der Waals surface area contributed by atoms with E-state index < -0.39 is 12.0 Å². The quantitative estimate of drug-likeness (QED) is 0.117. The molecule has 2 atom stereocenters. The molecule has 3 aromatic carbocycles. The average molecular weight is 760 g/mol. The number of nitrogens with zero attached hydrogens (tertiary/aromatic N) is 4. The van der Waals surface area contributed by atoms with Gasteiger partial charge in [-0.15, -0.1) is 0 Å². The number of pyridine rings is 1. The molecule has 0 amide bonds. The number of nitriles is 1. The van der Waals surface area contributed by atoms with E-state index in [-0.39, 0.29) is 19.3 Å². The van der Waals surface area contributed by atoms with Gasteiger partial charge < -0.3 is 29.3 Å². The molecule has 2 aliphatic rings. The molecule has 2 N–H and O–H groups in total. The van der Waals surface area contributed by atoms with Gasteiger partial charge >= 0.3 is 5.97 Å². The molecule has 0 spiro atoms. The van der Waals surface area contributed by atoms with Crippen LogP contribution in [0.1, 0.15) is 59.9 Å². The molecule has 3 heterocycles. The minimum Gasteiger partial charge on any atom is -0.492 e. The number of ether oxygens (including phenoxy) is 3. The summed E-state index contributed by atoms with van der Waals surface area (Å²) in [7, 11) is 0. The standard InChI is InChI=1S/C41H44Cl2N4O6/c1-27-30(7-4-8-33(27)34-9-5-11-37(40(34)43)51-16-6-13-46-15-12-32(48)24-46)26-53-39-19-38(52-25-29-17-28(20-44)21-45-22-29)31(18-35(39)42)23-47-14-3-2-10-36(47)41(49)50/h4-5,7-9,11,17-19,21-22,32,36,48H,2-3,6,10,12-16,23-26H2,1H3,(H,49,50)/t32-,36+/m1/s1. The summed E-state index contributed by atoms with van der Waals surface area (Å²) in [4.78, 5) is 20.4. The topological polar surface area (TPSA) is 128 Å². The third kappa shape index (κ3) is 9.79. The van der Waals surface area contributed by atoms with Gasteiger partial charge in [0.05, 0.1) is 28.3 Å². The van der Waals surface area contributed by atoms with Gasteiger partial charge in [0, 0.05) is 61.3 Å². The lowest BCUT2D eigenvalue weighted by Crippen LogP contribution is -2.44. The number of halogens is 2. The lowest BCUT2D eigenvalue weighted by atomic mass is 9.96. The number of β-amino-alcohol motifs (C(OH)–C–C–N with tert-alkyl or cyclic N) is 1. The Morgan fingerprint density at radius 3 is 2.55 bits per heavy atom. The first-order valence-electron chi connectivity index (χ1n) is 18.0. The molecule has 12 heteroatoms. The van der Waals surface area contributed by atoms with E-state index >= 15 is 0 Å². The maximum absolute atomic E-state index is 12.1. The van der Waals surface area contributed by atoms with Crippen LogP contribution in [-0.4, -0.2) is 75.9 Å². The summed E-state index contributed by atoms with van der Waals surface area (Å²) < 4.78 is 18.7. The Labute approximate surface area is 320 Å². The van der Waals surface area contributed by atoms with Crippen LogP contribution in [0, 0.1) is 18.3 Å². The summed E-state index contributed by atoms with van der Waals surface area (Å²) in [6, 6.07) is 18.6. The van der Waals surface area contributed by atoms with Gasteiger partial charge in [0.25, 0.3) is 0 Å². The number of carboxylic acids is 1. The highest BCUT2D eigenvalue weighted by molar-refractivity contribution is 6.35. The molecule has 0 radical (unpaired) electrons. The van der Waals surface area contributed by atoms with E-state index in [1.807, 2.05) is 48.2 Å². The van der Waals surface area contributed by atoms with Crippen LogP contribution in [0.3, 0.4) is 0 Å². The van der Waals surface area contributed by atoms with Crippen molar-refractivity contribution in [2.24, 2.45) is 0 Å². The third-order valence-electron chi connectivity index (χ3n) is 9.91. The van der Waals surface area contributed by atoms with E-state index in [1.165, 1.54) is 6.20 Å². The van der Waals surface area contributed by atoms with Crippen molar-refractivity contribution >= 4 is 29.2 Å². The van der Waals surface area contributed by atoms with Gasteiger partial charge in [-0.05, 0) is 74.0 Å². The average Bonchev–Trinajstić information content (AvgIpc) is 3.58. The maximum atomic E-state index is 12.1. The van der Waals surface area contributed by atoms with Crippen LogP contribution in [0.4, 0.5) is 0 Å². The van der Waals surface area contributed by atoms with Crippen molar-refractivity contribution in [3.05, 3.63) is 105 Å². The Morgan fingerprint density at radius 2 is 1.75 bits per heavy atom. The molecule has 2 saturated heterocycles. The van der Waals surface area contributed by atoms with Gasteiger partial charge in [-0.3, -0.25) is 14.7 Å². The summed E-state index contributed by atoms with van der Waals surface area (Å²) in [5, 5.41) is 29.9. The highest BCUT2D eigenvalue weighted by Gasteiger charge is 2.29. The first-order valence-corrected chi connectivity index (χ1v) is 18.7. The SMILES string of the molecule is Cc1c(COc2cc(OCc3cncc(C#N)c3)c(CN3CCCC[C@H]3C(=O)O)cc2Cl)cccc1-c1cccc(OCCCN2CC[C@@H](O)C2)c1Cl. The number of piperidine rings is 1. The van der Waals surface area contributed by atoms with Crippen molar-refractivity contribution in [2.45, 2.75) is 70.9 Å². The lowest BCUT2D eigenvalue weighted by molar-refractivity contribution is -0.144. The van der Waals surface area contributed by atoms with Crippen LogP contribution in [0.15, 0.2) is 67.0 Å². The molecular weight excluding hydrogens is 715 g/mol. The Bertz CT molecular complexity index is 1950. The molecule has 4 aromatic rings. The second-order valence-corrected chi connectivity index (χ2v) is 14.4. The minimum atomic E-state index is -0.842. The van der Waals surface area contributed by atoms with Crippen LogP contribution in [0.5, 0.6) is 17.2 Å². The van der Waals surface area contributed by atoms with Crippen molar-refractivity contribution in [1.29, 1.82) is 5.26 Å². The molecule has 6 rings (SSSR count). The zero-order valence-corrected chi connectivity index (χ0v) is 31.3. The summed E-state index contributed by atoms with van der Waals surface area (Å²) in [5.74, 6) is 0.712. The zero-order chi connectivity index (χ0) is 37.3. The first-order chi connectivity index (χ1) is 25.7. The fourth-order valence-corrected chi connectivity index (χ4v) is 7.54. The Hall–Kier alpha value is -4.37. The zero-order valence-electron chi connectivity index (χ0n) is 29.8. The summed E-state index contributed by atoms with van der Waals surface area (Å²) in [6.45, 7) is 6.41. The van der Waals surface area contributed by atoms with E-state index in [9.17, 15) is 20.3 Å². The Kier molecular flexibility index (Phi) is 13.1. The molecule has 0 unspecified atom stereocenters. The number of likely N-dealkylation sites (tertiary alicyclic amines) is 2. The van der Waals surface area contributed by atoms with Crippen LogP contribution >= 0.6 is 23.2 Å². The van der Waals surface area contributed by atoms with Gasteiger partial charge in [-0.2, -0.15) is 5.26 Å². The highest BCUT2D eigenvalue weighted by Crippen LogP contribution is 2.39. The molecule has 10 nitrogen and oxygen atoms in total. The van der Waals surface area contributed by atoms with Gasteiger partial charge in [0.2, 0.25) is 0 Å². The predicted octanol–water partition coefficient (Wildman–Crippen LogP) is 7.67. The van der Waals surface area contributed by atoms with Gasteiger partial charge in [-0.25, -0.2) is 0 Å². The van der Waals surface area contributed by atoms with Crippen LogP contribution in [-0.2, 0) is 24.6 Å². The molecular formula is C41H44Cl2N4O6. The number of hydrogen-bond donors (Lipinski definition) is 2. The molecule has 0 bridgehead atoms. The van der Waals surface area contributed by atoms with Gasteiger partial charge in [-0.1, -0.05) is 60.0 Å². The molecule has 2 fully saturated rings. The summed E-state index contributed by atoms with van der Waals surface area (Å²) in [6.07, 6.45) is 6.92. The summed E-state index contributed by atoms with van der Waals surface area (Å²) >= 11 is 13.8. The molecule has 0 aliphatic carbocycles. The summed E-state index contributed by atoms with van der Waals surface area (Å²) in [5.41, 5.74) is 5.65. The Morgan fingerprint density at radius 1 is 0.943 bits per heavy atom. The maximum Gasteiger partial charge on any atom is 0.320 e. The van der Waals surface area contributed by atoms with E-state index in [4.69, 9.17) is 37.4 Å². The number of carboxylic acid groups (broad SMARTS) is 1. The van der Waals surface area contributed by atoms with Crippen LogP contribution in [0.2, 0.25) is 10.0 Å². The van der Waals surface area contributed by atoms with E-state index in [1.54, 1.807) is 24.4 Å². The van der Waals surface area contributed by atoms with Crippen LogP contribution < -0.4 is 14.2 Å². The molecule has 1 aromatic heterocycles. The highest BCUT2D eigenvalue weighted by atomic mass is 35.5. The first kappa shape index (κ1) is 38.4. The van der Waals surface area contributed by atoms with E-state index in [0.29, 0.717) is 65.5 Å². The number of rotatable bonds is 15. The second-order valence-electron chi connectivity index (χ2n) is 13.6. The number of aliphatic hydroxyl groups excluding tert-OH is 1. The van der Waals surface area contributed by atoms with Gasteiger partial charge in [0.15, 0.2) is 0 Å². The van der Waals surface area contributed by atoms with Crippen LogP contribution in [0.25, 0.3) is 11.1 Å². The largest absolute Gasteiger partial charge is 0.492 e. The fraction of sp³-hybridized carbons (Fsp3) is 0.390. The monoisotopic (exact) mass is 758 g/mol. The minimum absolute atomic E-state index is 0.145. The Balaban J connectivity index is 1.18. The number of hydrogen-bond acceptors (Lipinski definition) is 9. The van der Waals surface area contributed by atoms with E-state index in [2.05, 4.69) is 16.0 Å². The third-order valence-corrected chi connectivity index (χ3v) is 10.6. The van der Waals surface area contributed by atoms with Crippen molar-refractivity contribution in [2.75, 3.05) is 32.8 Å². The second kappa shape index (κ2) is 18.1. The van der Waals surface area contributed by atoms with E-state index in [0.717, 1.165) is 72.2 Å². The normalized spacial score (nSPS) is 17.7.